The summed E-state index contributed by atoms with van der Waals surface area (Å²) in [6.07, 6.45) is 0.227. The maximum Gasteiger partial charge on any atom is 0.410 e. The molecule has 1 aromatic carbocycles. The van der Waals surface area contributed by atoms with Gasteiger partial charge in [-0.3, -0.25) is 19.3 Å². The molecule has 0 radical (unpaired) electrons. The van der Waals surface area contributed by atoms with E-state index in [2.05, 4.69) is 15.9 Å². The fourth-order valence-electron chi connectivity index (χ4n) is 3.22. The molecule has 1 aliphatic rings. The largest absolute Gasteiger partial charge is 0.468 e. The number of hydrogen-bond donors (Lipinski definition) is 0. The highest BCUT2D eigenvalue weighted by molar-refractivity contribution is 9.10. The van der Waals surface area contributed by atoms with Gasteiger partial charge in [-0.15, -0.1) is 0 Å². The zero-order valence-electron chi connectivity index (χ0n) is 17.1. The van der Waals surface area contributed by atoms with Crippen LogP contribution in [0.1, 0.15) is 50.4 Å². The first-order chi connectivity index (χ1) is 13.5. The lowest BCUT2D eigenvalue weighted by atomic mass is 9.90. The smallest absolute Gasteiger partial charge is 0.410 e. The monoisotopic (exact) mass is 467 g/mol. The number of benzene rings is 1. The van der Waals surface area contributed by atoms with Gasteiger partial charge in [-0.1, -0.05) is 28.1 Å². The summed E-state index contributed by atoms with van der Waals surface area (Å²) in [5.41, 5.74) is -0.369. The number of ketones is 2. The summed E-state index contributed by atoms with van der Waals surface area (Å²) in [7, 11) is 1.18. The molecule has 1 aromatic rings. The summed E-state index contributed by atoms with van der Waals surface area (Å²) in [4.78, 5) is 51.8. The minimum absolute atomic E-state index is 0.312. The molecule has 2 rings (SSSR count). The molecule has 1 aliphatic heterocycles. The van der Waals surface area contributed by atoms with E-state index >= 15 is 0 Å². The lowest BCUT2D eigenvalue weighted by molar-refractivity contribution is -0.145. The number of Topliss-reactive ketones (excluding diaryl/α,β-unsaturated/α-hetero) is 2. The first-order valence-corrected chi connectivity index (χ1v) is 10.2. The topological polar surface area (TPSA) is 90.0 Å². The lowest BCUT2D eigenvalue weighted by Gasteiger charge is -2.28. The molecule has 0 N–H and O–H groups in total. The molecule has 0 spiro atoms. The molecule has 29 heavy (non-hydrogen) atoms. The third-order valence-electron chi connectivity index (χ3n) is 4.59. The quantitative estimate of drug-likeness (QED) is 0.359. The SMILES string of the molecule is COC(=O)C(CC(=O)[C@@H]1CCCN1C(=O)OC(C)(C)C)C(=O)c1ccc(Br)cc1. The number of carbonyl (C=O) groups is 4. The number of nitrogens with zero attached hydrogens (tertiary/aromatic N) is 1. The molecule has 1 saturated heterocycles. The Kier molecular flexibility index (Phi) is 7.57. The Balaban J connectivity index is 2.16. The summed E-state index contributed by atoms with van der Waals surface area (Å²) in [5, 5.41) is 0. The van der Waals surface area contributed by atoms with Crippen molar-refractivity contribution in [3.63, 3.8) is 0 Å². The Bertz CT molecular complexity index is 783. The van der Waals surface area contributed by atoms with Gasteiger partial charge < -0.3 is 9.47 Å². The number of esters is 1. The number of rotatable bonds is 6. The Morgan fingerprint density at radius 2 is 1.79 bits per heavy atom. The van der Waals surface area contributed by atoms with Gasteiger partial charge in [0.15, 0.2) is 11.6 Å². The van der Waals surface area contributed by atoms with E-state index in [1.807, 2.05) is 0 Å². The van der Waals surface area contributed by atoms with Crippen molar-refractivity contribution in [2.24, 2.45) is 5.92 Å². The highest BCUT2D eigenvalue weighted by Gasteiger charge is 2.40. The van der Waals surface area contributed by atoms with Gasteiger partial charge in [0, 0.05) is 23.0 Å². The molecule has 8 heteroatoms. The maximum atomic E-state index is 12.9. The van der Waals surface area contributed by atoms with Crippen LogP contribution in [0.5, 0.6) is 0 Å². The predicted octanol–water partition coefficient (Wildman–Crippen LogP) is 3.78. The van der Waals surface area contributed by atoms with Crippen LogP contribution in [-0.4, -0.2) is 53.8 Å². The van der Waals surface area contributed by atoms with Gasteiger partial charge in [0.2, 0.25) is 0 Å². The zero-order chi connectivity index (χ0) is 21.8. The van der Waals surface area contributed by atoms with Crippen LogP contribution in [0.3, 0.4) is 0 Å². The van der Waals surface area contributed by atoms with Gasteiger partial charge in [0.25, 0.3) is 0 Å². The molecule has 1 unspecified atom stereocenters. The number of ether oxygens (including phenoxy) is 2. The van der Waals surface area contributed by atoms with E-state index in [0.29, 0.717) is 24.9 Å². The number of methoxy groups -OCH3 is 1. The highest BCUT2D eigenvalue weighted by atomic mass is 79.9. The molecule has 1 fully saturated rings. The molecule has 2 atom stereocenters. The van der Waals surface area contributed by atoms with E-state index in [0.717, 1.165) is 4.47 Å². The van der Waals surface area contributed by atoms with Crippen molar-refractivity contribution in [2.45, 2.75) is 51.7 Å². The molecule has 7 nitrogen and oxygen atoms in total. The Morgan fingerprint density at radius 1 is 1.17 bits per heavy atom. The third-order valence-corrected chi connectivity index (χ3v) is 5.12. The Morgan fingerprint density at radius 3 is 2.34 bits per heavy atom. The molecular formula is C21H26BrNO6. The normalized spacial score (nSPS) is 17.6. The number of amides is 1. The second-order valence-electron chi connectivity index (χ2n) is 7.95. The van der Waals surface area contributed by atoms with Crippen molar-refractivity contribution in [2.75, 3.05) is 13.7 Å². The minimum atomic E-state index is -1.25. The van der Waals surface area contributed by atoms with Gasteiger partial charge in [-0.05, 0) is 45.7 Å². The van der Waals surface area contributed by atoms with E-state index in [1.165, 1.54) is 12.0 Å². The zero-order valence-corrected chi connectivity index (χ0v) is 18.7. The third kappa shape index (κ3) is 6.13. The summed E-state index contributed by atoms with van der Waals surface area (Å²) >= 11 is 3.29. The van der Waals surface area contributed by atoms with Crippen molar-refractivity contribution < 1.29 is 28.7 Å². The van der Waals surface area contributed by atoms with Crippen molar-refractivity contribution in [1.82, 2.24) is 4.90 Å². The second-order valence-corrected chi connectivity index (χ2v) is 8.86. The van der Waals surface area contributed by atoms with Crippen LogP contribution in [0.25, 0.3) is 0 Å². The Hall–Kier alpha value is -2.22. The van der Waals surface area contributed by atoms with Crippen molar-refractivity contribution in [3.05, 3.63) is 34.3 Å². The molecule has 1 amide bonds. The second kappa shape index (κ2) is 9.52. The fourth-order valence-corrected chi connectivity index (χ4v) is 3.48. The number of carbonyl (C=O) groups excluding carboxylic acids is 4. The van der Waals surface area contributed by atoms with Gasteiger partial charge in [0.05, 0.1) is 13.2 Å². The van der Waals surface area contributed by atoms with E-state index < -0.39 is 35.4 Å². The van der Waals surface area contributed by atoms with Crippen LogP contribution in [0, 0.1) is 5.92 Å². The van der Waals surface area contributed by atoms with Crippen LogP contribution in [0.15, 0.2) is 28.7 Å². The maximum absolute atomic E-state index is 12.9. The first-order valence-electron chi connectivity index (χ1n) is 9.43. The number of likely N-dealkylation sites (tertiary alicyclic amines) is 1. The van der Waals surface area contributed by atoms with Gasteiger partial charge in [0.1, 0.15) is 11.5 Å². The average Bonchev–Trinajstić information content (AvgIpc) is 3.14. The summed E-state index contributed by atoms with van der Waals surface area (Å²) in [6, 6.07) is 5.81. The Labute approximate surface area is 178 Å². The molecule has 1 heterocycles. The van der Waals surface area contributed by atoms with E-state index in [9.17, 15) is 19.2 Å². The van der Waals surface area contributed by atoms with Crippen LogP contribution in [0.2, 0.25) is 0 Å². The van der Waals surface area contributed by atoms with Crippen LogP contribution >= 0.6 is 15.9 Å². The van der Waals surface area contributed by atoms with Crippen molar-refractivity contribution >= 4 is 39.6 Å². The van der Waals surface area contributed by atoms with E-state index in [4.69, 9.17) is 9.47 Å². The van der Waals surface area contributed by atoms with Crippen LogP contribution < -0.4 is 0 Å². The van der Waals surface area contributed by atoms with Crippen LogP contribution in [0.4, 0.5) is 4.79 Å². The predicted molar refractivity (Wildman–Crippen MR) is 110 cm³/mol. The highest BCUT2D eigenvalue weighted by Crippen LogP contribution is 2.25. The van der Waals surface area contributed by atoms with Gasteiger partial charge >= 0.3 is 12.1 Å². The molecular weight excluding hydrogens is 442 g/mol. The van der Waals surface area contributed by atoms with Gasteiger partial charge in [-0.25, -0.2) is 4.79 Å². The first kappa shape index (κ1) is 23.1. The summed E-state index contributed by atoms with van der Waals surface area (Å²) in [6.45, 7) is 5.65. The number of halogens is 1. The van der Waals surface area contributed by atoms with Crippen molar-refractivity contribution in [1.29, 1.82) is 0 Å². The van der Waals surface area contributed by atoms with E-state index in [1.54, 1.807) is 45.0 Å². The van der Waals surface area contributed by atoms with E-state index in [-0.39, 0.29) is 12.2 Å². The van der Waals surface area contributed by atoms with Crippen molar-refractivity contribution in [3.8, 4) is 0 Å². The molecule has 158 valence electrons. The molecule has 0 aromatic heterocycles. The molecule has 0 saturated carbocycles. The lowest BCUT2D eigenvalue weighted by Crippen LogP contribution is -2.44. The summed E-state index contributed by atoms with van der Waals surface area (Å²) in [5.74, 6) is -2.86. The molecule has 0 aliphatic carbocycles. The van der Waals surface area contributed by atoms with Gasteiger partial charge in [-0.2, -0.15) is 0 Å². The molecule has 0 bridgehead atoms. The average molecular weight is 468 g/mol. The summed E-state index contributed by atoms with van der Waals surface area (Å²) < 4.78 is 10.9. The fraction of sp³-hybridized carbons (Fsp3) is 0.524. The standard InChI is InChI=1S/C21H26BrNO6/c1-21(2,3)29-20(27)23-11-5-6-16(23)17(24)12-15(19(26)28-4)18(25)13-7-9-14(22)10-8-13/h7-10,15-16H,5-6,11-12H2,1-4H3/t15?,16-/m0/s1. The minimum Gasteiger partial charge on any atom is -0.468 e. The van der Waals surface area contributed by atoms with Crippen LogP contribution in [-0.2, 0) is 19.1 Å². The number of hydrogen-bond acceptors (Lipinski definition) is 6.